The van der Waals surface area contributed by atoms with Crippen LogP contribution in [-0.4, -0.2) is 45.2 Å². The second-order valence-corrected chi connectivity index (χ2v) is 6.48. The van der Waals surface area contributed by atoms with E-state index in [1.54, 1.807) is 23.3 Å². The van der Waals surface area contributed by atoms with E-state index in [2.05, 4.69) is 35.0 Å². The maximum Gasteiger partial charge on any atom is 0.330 e. The Hall–Kier alpha value is -2.40. The van der Waals surface area contributed by atoms with Crippen LogP contribution in [0.5, 0.6) is 0 Å². The van der Waals surface area contributed by atoms with Gasteiger partial charge in [0, 0.05) is 32.0 Å². The van der Waals surface area contributed by atoms with Crippen LogP contribution in [0, 0.1) is 0 Å². The zero-order chi connectivity index (χ0) is 17.0. The molecule has 1 saturated heterocycles. The molecule has 24 heavy (non-hydrogen) atoms. The fourth-order valence-electron chi connectivity index (χ4n) is 3.41. The van der Waals surface area contributed by atoms with Crippen LogP contribution in [-0.2, 0) is 10.3 Å². The standard InChI is InChI=1S/C19H23N3O2/c1-16(13-17-5-3-2-4-6-17)14-21-10-7-19(8-11-21,18(23)24)22-12-9-20-15-22/h2-6,9,12-13,15H,7-8,10-11,14H2,1H3,(H,23,24)/b16-13+. The number of nitrogens with zero attached hydrogens (tertiary/aromatic N) is 3. The molecule has 1 N–H and O–H groups in total. The van der Waals surface area contributed by atoms with Crippen molar-refractivity contribution < 1.29 is 9.90 Å². The van der Waals surface area contributed by atoms with Crippen LogP contribution in [0.1, 0.15) is 25.3 Å². The number of rotatable bonds is 5. The normalized spacial score (nSPS) is 18.5. The van der Waals surface area contributed by atoms with Crippen molar-refractivity contribution in [2.45, 2.75) is 25.3 Å². The Morgan fingerprint density at radius 1 is 1.29 bits per heavy atom. The van der Waals surface area contributed by atoms with Gasteiger partial charge in [0.15, 0.2) is 0 Å². The van der Waals surface area contributed by atoms with Gasteiger partial charge in [0.1, 0.15) is 5.54 Å². The molecule has 5 heteroatoms. The van der Waals surface area contributed by atoms with Gasteiger partial charge in [-0.2, -0.15) is 0 Å². The van der Waals surface area contributed by atoms with Crippen molar-refractivity contribution in [1.82, 2.24) is 14.5 Å². The topological polar surface area (TPSA) is 58.4 Å². The Labute approximate surface area is 142 Å². The van der Waals surface area contributed by atoms with E-state index in [9.17, 15) is 9.90 Å². The van der Waals surface area contributed by atoms with E-state index in [-0.39, 0.29) is 0 Å². The number of likely N-dealkylation sites (tertiary alicyclic amines) is 1. The van der Waals surface area contributed by atoms with Crippen LogP contribution in [0.15, 0.2) is 54.6 Å². The average Bonchev–Trinajstić information content (AvgIpc) is 3.11. The first-order chi connectivity index (χ1) is 11.6. The lowest BCUT2D eigenvalue weighted by atomic mass is 9.87. The van der Waals surface area contributed by atoms with E-state index in [4.69, 9.17) is 0 Å². The van der Waals surface area contributed by atoms with Gasteiger partial charge in [-0.25, -0.2) is 9.78 Å². The Balaban J connectivity index is 1.64. The van der Waals surface area contributed by atoms with E-state index in [1.165, 1.54) is 11.1 Å². The Morgan fingerprint density at radius 3 is 2.58 bits per heavy atom. The molecule has 126 valence electrons. The van der Waals surface area contributed by atoms with Gasteiger partial charge in [-0.3, -0.25) is 4.90 Å². The Bertz CT molecular complexity index is 699. The molecule has 0 atom stereocenters. The van der Waals surface area contributed by atoms with Crippen molar-refractivity contribution in [3.63, 3.8) is 0 Å². The number of aromatic nitrogens is 2. The monoisotopic (exact) mass is 325 g/mol. The number of hydrogen-bond donors (Lipinski definition) is 1. The summed E-state index contributed by atoms with van der Waals surface area (Å²) in [5.74, 6) is -0.767. The SMILES string of the molecule is C/C(=C\c1ccccc1)CN1CCC(C(=O)O)(n2ccnc2)CC1. The zero-order valence-corrected chi connectivity index (χ0v) is 13.9. The average molecular weight is 325 g/mol. The Morgan fingerprint density at radius 2 is 2.00 bits per heavy atom. The molecule has 0 saturated carbocycles. The highest BCUT2D eigenvalue weighted by molar-refractivity contribution is 5.77. The maximum atomic E-state index is 11.9. The van der Waals surface area contributed by atoms with Gasteiger partial charge in [0.05, 0.1) is 6.33 Å². The molecule has 1 aromatic carbocycles. The number of carbonyl (C=O) groups is 1. The van der Waals surface area contributed by atoms with Gasteiger partial charge < -0.3 is 9.67 Å². The number of benzene rings is 1. The van der Waals surface area contributed by atoms with Crippen molar-refractivity contribution in [2.75, 3.05) is 19.6 Å². The Kier molecular flexibility index (Phi) is 4.81. The molecule has 2 heterocycles. The summed E-state index contributed by atoms with van der Waals surface area (Å²) < 4.78 is 1.75. The van der Waals surface area contributed by atoms with Crippen LogP contribution < -0.4 is 0 Å². The van der Waals surface area contributed by atoms with Crippen LogP contribution in [0.3, 0.4) is 0 Å². The van der Waals surface area contributed by atoms with Gasteiger partial charge in [0.2, 0.25) is 0 Å². The van der Waals surface area contributed by atoms with Gasteiger partial charge in [-0.1, -0.05) is 42.0 Å². The van der Waals surface area contributed by atoms with Gasteiger partial charge >= 0.3 is 5.97 Å². The van der Waals surface area contributed by atoms with Gasteiger partial charge in [0.25, 0.3) is 0 Å². The third-order valence-electron chi connectivity index (χ3n) is 4.77. The van der Waals surface area contributed by atoms with Gasteiger partial charge in [-0.15, -0.1) is 0 Å². The second-order valence-electron chi connectivity index (χ2n) is 6.48. The smallest absolute Gasteiger partial charge is 0.330 e. The lowest BCUT2D eigenvalue weighted by Crippen LogP contribution is -2.50. The summed E-state index contributed by atoms with van der Waals surface area (Å²) in [5, 5.41) is 9.75. The summed E-state index contributed by atoms with van der Waals surface area (Å²) in [4.78, 5) is 18.2. The third kappa shape index (κ3) is 3.41. The highest BCUT2D eigenvalue weighted by atomic mass is 16.4. The summed E-state index contributed by atoms with van der Waals surface area (Å²) in [6.07, 6.45) is 8.39. The van der Waals surface area contributed by atoms with Crippen molar-refractivity contribution in [1.29, 1.82) is 0 Å². The number of carboxylic acids is 1. The van der Waals surface area contributed by atoms with Gasteiger partial charge in [-0.05, 0) is 25.3 Å². The molecule has 0 aliphatic carbocycles. The molecule has 0 amide bonds. The molecule has 3 rings (SSSR count). The van der Waals surface area contributed by atoms with E-state index < -0.39 is 11.5 Å². The molecule has 0 radical (unpaired) electrons. The number of hydrogen-bond acceptors (Lipinski definition) is 3. The molecule has 5 nitrogen and oxygen atoms in total. The molecule has 0 spiro atoms. The minimum absolute atomic E-state index is 0.595. The molecular weight excluding hydrogens is 302 g/mol. The molecule has 0 bridgehead atoms. The highest BCUT2D eigenvalue weighted by Crippen LogP contribution is 2.30. The zero-order valence-electron chi connectivity index (χ0n) is 13.9. The van der Waals surface area contributed by atoms with E-state index >= 15 is 0 Å². The summed E-state index contributed by atoms with van der Waals surface area (Å²) in [6, 6.07) is 10.3. The molecular formula is C19H23N3O2. The molecule has 1 aliphatic heterocycles. The minimum atomic E-state index is -0.857. The summed E-state index contributed by atoms with van der Waals surface area (Å²) in [7, 11) is 0. The summed E-state index contributed by atoms with van der Waals surface area (Å²) in [5.41, 5.74) is 1.63. The molecule has 0 unspecified atom stereocenters. The lowest BCUT2D eigenvalue weighted by molar-refractivity contribution is -0.150. The summed E-state index contributed by atoms with van der Waals surface area (Å²) in [6.45, 7) is 4.53. The predicted octanol–water partition coefficient (Wildman–Crippen LogP) is 2.86. The van der Waals surface area contributed by atoms with Crippen LogP contribution in [0.25, 0.3) is 6.08 Å². The van der Waals surface area contributed by atoms with E-state index in [0.717, 1.165) is 19.6 Å². The number of carboxylic acid groups (broad SMARTS) is 1. The fourth-order valence-corrected chi connectivity index (χ4v) is 3.41. The van der Waals surface area contributed by atoms with Crippen LogP contribution in [0.2, 0.25) is 0 Å². The van der Waals surface area contributed by atoms with Crippen molar-refractivity contribution in [3.05, 3.63) is 60.2 Å². The molecule has 1 aliphatic rings. The van der Waals surface area contributed by atoms with Crippen molar-refractivity contribution in [2.24, 2.45) is 0 Å². The first kappa shape index (κ1) is 16.5. The third-order valence-corrected chi connectivity index (χ3v) is 4.77. The molecule has 1 fully saturated rings. The number of piperidine rings is 1. The minimum Gasteiger partial charge on any atom is -0.479 e. The summed E-state index contributed by atoms with van der Waals surface area (Å²) >= 11 is 0. The van der Waals surface area contributed by atoms with Crippen molar-refractivity contribution >= 4 is 12.0 Å². The number of imidazole rings is 1. The first-order valence-electron chi connectivity index (χ1n) is 8.26. The lowest BCUT2D eigenvalue weighted by Gasteiger charge is -2.39. The highest BCUT2D eigenvalue weighted by Gasteiger charge is 2.42. The first-order valence-corrected chi connectivity index (χ1v) is 8.26. The molecule has 1 aromatic heterocycles. The largest absolute Gasteiger partial charge is 0.479 e. The molecule has 2 aromatic rings. The number of aliphatic carboxylic acids is 1. The predicted molar refractivity (Wildman–Crippen MR) is 93.6 cm³/mol. The quantitative estimate of drug-likeness (QED) is 0.918. The maximum absolute atomic E-state index is 11.9. The second kappa shape index (κ2) is 7.01. The van der Waals surface area contributed by atoms with E-state index in [0.29, 0.717) is 12.8 Å². The van der Waals surface area contributed by atoms with Crippen molar-refractivity contribution in [3.8, 4) is 0 Å². The van der Waals surface area contributed by atoms with Crippen LogP contribution >= 0.6 is 0 Å². The van der Waals surface area contributed by atoms with Crippen LogP contribution in [0.4, 0.5) is 0 Å². The fraction of sp³-hybridized carbons (Fsp3) is 0.368. The van der Waals surface area contributed by atoms with E-state index in [1.807, 2.05) is 18.2 Å².